The predicted octanol–water partition coefficient (Wildman–Crippen LogP) is 3.42. The van der Waals surface area contributed by atoms with Crippen molar-refractivity contribution in [1.29, 1.82) is 0 Å². The molecule has 4 rings (SSSR count). The van der Waals surface area contributed by atoms with Crippen LogP contribution in [0.25, 0.3) is 0 Å². The number of nitrogens with zero attached hydrogens (tertiary/aromatic N) is 2. The molecule has 0 aliphatic carbocycles. The van der Waals surface area contributed by atoms with E-state index in [0.29, 0.717) is 35.5 Å². The van der Waals surface area contributed by atoms with E-state index in [0.717, 1.165) is 17.7 Å². The smallest absolute Gasteiger partial charge is 0.264 e. The van der Waals surface area contributed by atoms with E-state index in [1.807, 2.05) is 0 Å². The second-order valence-electron chi connectivity index (χ2n) is 7.83. The lowest BCUT2D eigenvalue weighted by Gasteiger charge is -2.11. The minimum Gasteiger partial charge on any atom is -0.326 e. The van der Waals surface area contributed by atoms with Crippen molar-refractivity contribution in [3.63, 3.8) is 0 Å². The molecule has 2 heterocycles. The number of fused-ring (bicyclic) bond motifs is 1. The Hall–Kier alpha value is -3.79. The van der Waals surface area contributed by atoms with Gasteiger partial charge >= 0.3 is 0 Å². The lowest BCUT2D eigenvalue weighted by atomic mass is 10.0. The summed E-state index contributed by atoms with van der Waals surface area (Å²) in [6, 6.07) is 12.7. The van der Waals surface area contributed by atoms with Gasteiger partial charge in [0.05, 0.1) is 4.90 Å². The Labute approximate surface area is 191 Å². The molecule has 0 fully saturated rings. The van der Waals surface area contributed by atoms with Crippen LogP contribution in [0.15, 0.2) is 53.4 Å². The summed E-state index contributed by atoms with van der Waals surface area (Å²) in [4.78, 5) is 32.6. The maximum Gasteiger partial charge on any atom is 0.264 e. The van der Waals surface area contributed by atoms with Crippen LogP contribution in [-0.4, -0.2) is 30.2 Å². The quantitative estimate of drug-likeness (QED) is 0.529. The van der Waals surface area contributed by atoms with E-state index in [-0.39, 0.29) is 22.7 Å². The van der Waals surface area contributed by atoms with Crippen LogP contribution in [0.4, 0.5) is 17.3 Å². The molecule has 0 radical (unpaired) electrons. The van der Waals surface area contributed by atoms with Crippen molar-refractivity contribution in [3.05, 3.63) is 71.0 Å². The molecule has 2 aromatic carbocycles. The standard InChI is InChI=1S/C23H23N5O4S/c1-14-12-15(2)25-23(24-14)28-33(31,32)19-9-7-18(8-10-19)26-22(30)17-6-11-20-16(13-17)4-3-5-21(29)27-20/h6-13H,3-5H2,1-2H3,(H,26,30)(H,27,29)(H,24,25,28). The Kier molecular flexibility index (Phi) is 6.10. The highest BCUT2D eigenvalue weighted by Crippen LogP contribution is 2.24. The number of rotatable bonds is 5. The van der Waals surface area contributed by atoms with Gasteiger partial charge in [0.1, 0.15) is 0 Å². The third kappa shape index (κ3) is 5.35. The van der Waals surface area contributed by atoms with Crippen LogP contribution in [0.3, 0.4) is 0 Å². The summed E-state index contributed by atoms with van der Waals surface area (Å²) in [5, 5.41) is 5.61. The van der Waals surface area contributed by atoms with Gasteiger partial charge in [0.2, 0.25) is 11.9 Å². The van der Waals surface area contributed by atoms with Crippen LogP contribution in [0, 0.1) is 13.8 Å². The Bertz CT molecular complexity index is 1320. The van der Waals surface area contributed by atoms with Crippen molar-refractivity contribution in [2.45, 2.75) is 38.0 Å². The minimum absolute atomic E-state index is 0.00396. The Morgan fingerprint density at radius 2 is 1.67 bits per heavy atom. The normalized spacial score (nSPS) is 13.5. The number of benzene rings is 2. The molecule has 0 atom stereocenters. The van der Waals surface area contributed by atoms with Gasteiger partial charge in [-0.05, 0) is 80.8 Å². The molecular formula is C23H23N5O4S. The van der Waals surface area contributed by atoms with Gasteiger partial charge in [-0.15, -0.1) is 0 Å². The van der Waals surface area contributed by atoms with Crippen LogP contribution in [0.1, 0.15) is 40.2 Å². The van der Waals surface area contributed by atoms with Crippen molar-refractivity contribution in [3.8, 4) is 0 Å². The molecule has 0 unspecified atom stereocenters. The summed E-state index contributed by atoms with van der Waals surface area (Å²) in [5.41, 5.74) is 3.84. The van der Waals surface area contributed by atoms with Gasteiger partial charge in [-0.3, -0.25) is 9.59 Å². The Morgan fingerprint density at radius 3 is 2.36 bits per heavy atom. The fourth-order valence-corrected chi connectivity index (χ4v) is 4.53. The summed E-state index contributed by atoms with van der Waals surface area (Å²) in [6.07, 6.45) is 1.88. The first-order chi connectivity index (χ1) is 15.7. The number of carbonyl (C=O) groups excluding carboxylic acids is 2. The molecule has 1 aromatic heterocycles. The zero-order valence-corrected chi connectivity index (χ0v) is 19.0. The number of anilines is 3. The van der Waals surface area contributed by atoms with E-state index in [1.54, 1.807) is 38.1 Å². The predicted molar refractivity (Wildman–Crippen MR) is 125 cm³/mol. The van der Waals surface area contributed by atoms with Gasteiger partial charge in [-0.1, -0.05) is 0 Å². The lowest BCUT2D eigenvalue weighted by Crippen LogP contribution is -2.16. The zero-order valence-electron chi connectivity index (χ0n) is 18.2. The first-order valence-corrected chi connectivity index (χ1v) is 11.9. The van der Waals surface area contributed by atoms with E-state index in [1.165, 1.54) is 24.3 Å². The van der Waals surface area contributed by atoms with Crippen LogP contribution in [-0.2, 0) is 21.2 Å². The first-order valence-electron chi connectivity index (χ1n) is 10.4. The largest absolute Gasteiger partial charge is 0.326 e. The number of aryl methyl sites for hydroxylation is 3. The minimum atomic E-state index is -3.88. The summed E-state index contributed by atoms with van der Waals surface area (Å²) >= 11 is 0. The molecule has 3 aromatic rings. The molecule has 2 amide bonds. The third-order valence-electron chi connectivity index (χ3n) is 5.12. The van der Waals surface area contributed by atoms with Crippen LogP contribution < -0.4 is 15.4 Å². The van der Waals surface area contributed by atoms with Crippen molar-refractivity contribution < 1.29 is 18.0 Å². The number of nitrogens with one attached hydrogen (secondary N) is 3. The number of amides is 2. The van der Waals surface area contributed by atoms with Gasteiger partial charge in [-0.25, -0.2) is 23.1 Å². The maximum atomic E-state index is 12.7. The number of sulfonamides is 1. The molecule has 3 N–H and O–H groups in total. The van der Waals surface area contributed by atoms with Gasteiger partial charge < -0.3 is 10.6 Å². The second-order valence-corrected chi connectivity index (χ2v) is 9.51. The molecule has 0 saturated heterocycles. The molecule has 10 heteroatoms. The van der Waals surface area contributed by atoms with Crippen LogP contribution in [0.2, 0.25) is 0 Å². The van der Waals surface area contributed by atoms with Crippen molar-refractivity contribution >= 4 is 39.2 Å². The Balaban J connectivity index is 1.46. The van der Waals surface area contributed by atoms with E-state index in [4.69, 9.17) is 0 Å². The van der Waals surface area contributed by atoms with Gasteiger partial charge in [0.25, 0.3) is 15.9 Å². The molecule has 0 bridgehead atoms. The maximum absolute atomic E-state index is 12.7. The molecular weight excluding hydrogens is 442 g/mol. The number of carbonyl (C=O) groups is 2. The second kappa shape index (κ2) is 8.99. The van der Waals surface area contributed by atoms with Crippen LogP contribution >= 0.6 is 0 Å². The summed E-state index contributed by atoms with van der Waals surface area (Å²) in [6.45, 7) is 3.51. The molecule has 0 spiro atoms. The van der Waals surface area contributed by atoms with Gasteiger partial charge in [0.15, 0.2) is 0 Å². The average Bonchev–Trinajstić information content (AvgIpc) is 2.93. The van der Waals surface area contributed by atoms with E-state index in [9.17, 15) is 18.0 Å². The van der Waals surface area contributed by atoms with E-state index >= 15 is 0 Å². The number of aromatic nitrogens is 2. The summed E-state index contributed by atoms with van der Waals surface area (Å²) < 4.78 is 27.7. The molecule has 0 saturated carbocycles. The molecule has 170 valence electrons. The molecule has 33 heavy (non-hydrogen) atoms. The zero-order chi connectivity index (χ0) is 23.6. The summed E-state index contributed by atoms with van der Waals surface area (Å²) in [5.74, 6) is -0.352. The average molecular weight is 466 g/mol. The molecule has 1 aliphatic heterocycles. The van der Waals surface area contributed by atoms with E-state index in [2.05, 4.69) is 25.3 Å². The lowest BCUT2D eigenvalue weighted by molar-refractivity contribution is -0.116. The van der Waals surface area contributed by atoms with E-state index < -0.39 is 10.0 Å². The van der Waals surface area contributed by atoms with Crippen molar-refractivity contribution in [1.82, 2.24) is 9.97 Å². The topological polar surface area (TPSA) is 130 Å². The highest BCUT2D eigenvalue weighted by Gasteiger charge is 2.18. The van der Waals surface area contributed by atoms with Gasteiger partial charge in [0, 0.05) is 34.7 Å². The fraction of sp³-hybridized carbons (Fsp3) is 0.217. The van der Waals surface area contributed by atoms with Gasteiger partial charge in [-0.2, -0.15) is 0 Å². The highest BCUT2D eigenvalue weighted by atomic mass is 32.2. The monoisotopic (exact) mass is 465 g/mol. The Morgan fingerprint density at radius 1 is 0.970 bits per heavy atom. The highest BCUT2D eigenvalue weighted by molar-refractivity contribution is 7.92. The SMILES string of the molecule is Cc1cc(C)nc(NS(=O)(=O)c2ccc(NC(=O)c3ccc4c(c3)CCCC(=O)N4)cc2)n1. The summed E-state index contributed by atoms with van der Waals surface area (Å²) in [7, 11) is -3.88. The number of hydrogen-bond donors (Lipinski definition) is 3. The fourth-order valence-electron chi connectivity index (χ4n) is 3.59. The van der Waals surface area contributed by atoms with Crippen molar-refractivity contribution in [2.24, 2.45) is 0 Å². The van der Waals surface area contributed by atoms with Crippen LogP contribution in [0.5, 0.6) is 0 Å². The third-order valence-corrected chi connectivity index (χ3v) is 6.47. The first kappa shape index (κ1) is 22.4. The molecule has 1 aliphatic rings. The molecule has 9 nitrogen and oxygen atoms in total. The number of hydrogen-bond acceptors (Lipinski definition) is 6. The van der Waals surface area contributed by atoms with Crippen molar-refractivity contribution in [2.75, 3.05) is 15.4 Å².